The van der Waals surface area contributed by atoms with Crippen molar-refractivity contribution < 1.29 is 9.53 Å². The van der Waals surface area contributed by atoms with Gasteiger partial charge in [-0.2, -0.15) is 5.10 Å². The molecule has 1 amide bonds. The summed E-state index contributed by atoms with van der Waals surface area (Å²) in [6.07, 6.45) is 1.64. The third-order valence-corrected chi connectivity index (χ3v) is 6.54. The Balaban J connectivity index is 1.47. The van der Waals surface area contributed by atoms with E-state index in [2.05, 4.69) is 46.7 Å². The number of rotatable bonds is 9. The van der Waals surface area contributed by atoms with E-state index in [0.717, 1.165) is 28.1 Å². The molecular formula is C28H29N5O2S. The van der Waals surface area contributed by atoms with Crippen molar-refractivity contribution in [1.29, 1.82) is 0 Å². The van der Waals surface area contributed by atoms with Crippen LogP contribution in [0.5, 0.6) is 5.75 Å². The number of hydrogen-bond donors (Lipinski definition) is 1. The normalized spacial score (nSPS) is 11.2. The van der Waals surface area contributed by atoms with Crippen LogP contribution in [0.1, 0.15) is 36.5 Å². The van der Waals surface area contributed by atoms with Crippen LogP contribution in [0.2, 0.25) is 0 Å². The molecule has 0 unspecified atom stereocenters. The molecule has 4 rings (SSSR count). The Morgan fingerprint density at radius 2 is 1.72 bits per heavy atom. The number of nitrogens with zero attached hydrogens (tertiary/aromatic N) is 4. The number of carbonyl (C=O) groups is 1. The smallest absolute Gasteiger partial charge is 0.250 e. The molecule has 0 saturated heterocycles. The maximum atomic E-state index is 12.5. The van der Waals surface area contributed by atoms with E-state index >= 15 is 0 Å². The van der Waals surface area contributed by atoms with Gasteiger partial charge >= 0.3 is 0 Å². The predicted octanol–water partition coefficient (Wildman–Crippen LogP) is 5.62. The van der Waals surface area contributed by atoms with Crippen LogP contribution in [0.4, 0.5) is 0 Å². The Kier molecular flexibility index (Phi) is 8.17. The second kappa shape index (κ2) is 11.7. The molecule has 0 fully saturated rings. The molecule has 0 spiro atoms. The van der Waals surface area contributed by atoms with E-state index in [9.17, 15) is 4.79 Å². The number of thioether (sulfide) groups is 1. The summed E-state index contributed by atoms with van der Waals surface area (Å²) in [5, 5.41) is 13.5. The van der Waals surface area contributed by atoms with Gasteiger partial charge in [0, 0.05) is 11.3 Å². The fourth-order valence-electron chi connectivity index (χ4n) is 3.53. The van der Waals surface area contributed by atoms with Crippen LogP contribution in [0.25, 0.3) is 17.1 Å². The molecule has 4 aromatic rings. The van der Waals surface area contributed by atoms with Crippen molar-refractivity contribution >= 4 is 23.9 Å². The second-order valence-corrected chi connectivity index (χ2v) is 9.55. The number of nitrogens with one attached hydrogen (secondary N) is 1. The monoisotopic (exact) mass is 499 g/mol. The molecule has 0 atom stereocenters. The lowest BCUT2D eigenvalue weighted by molar-refractivity contribution is -0.118. The van der Waals surface area contributed by atoms with Crippen LogP contribution >= 0.6 is 11.8 Å². The third kappa shape index (κ3) is 6.20. The first-order valence-electron chi connectivity index (χ1n) is 11.7. The predicted molar refractivity (Wildman–Crippen MR) is 145 cm³/mol. The van der Waals surface area contributed by atoms with E-state index in [1.165, 1.54) is 17.3 Å². The van der Waals surface area contributed by atoms with Crippen molar-refractivity contribution in [3.8, 4) is 22.8 Å². The molecule has 1 heterocycles. The van der Waals surface area contributed by atoms with Crippen molar-refractivity contribution in [3.05, 3.63) is 89.5 Å². The molecule has 0 aliphatic rings. The second-order valence-electron chi connectivity index (χ2n) is 8.61. The summed E-state index contributed by atoms with van der Waals surface area (Å²) in [6.45, 7) is 6.35. The number of methoxy groups -OCH3 is 1. The van der Waals surface area contributed by atoms with Crippen molar-refractivity contribution in [2.75, 3.05) is 12.9 Å². The summed E-state index contributed by atoms with van der Waals surface area (Å²) in [5.41, 5.74) is 7.76. The first-order valence-corrected chi connectivity index (χ1v) is 12.6. The highest BCUT2D eigenvalue weighted by Crippen LogP contribution is 2.29. The average molecular weight is 500 g/mol. The van der Waals surface area contributed by atoms with Crippen LogP contribution in [-0.4, -0.2) is 39.7 Å². The Labute approximate surface area is 215 Å². The number of hydrazone groups is 1. The highest BCUT2D eigenvalue weighted by Gasteiger charge is 2.17. The van der Waals surface area contributed by atoms with E-state index in [0.29, 0.717) is 16.9 Å². The van der Waals surface area contributed by atoms with Crippen molar-refractivity contribution in [1.82, 2.24) is 20.2 Å². The topological polar surface area (TPSA) is 81.4 Å². The summed E-state index contributed by atoms with van der Waals surface area (Å²) in [7, 11) is 1.64. The quantitative estimate of drug-likeness (QED) is 0.184. The molecule has 0 aliphatic carbocycles. The molecule has 0 bridgehead atoms. The highest BCUT2D eigenvalue weighted by molar-refractivity contribution is 7.99. The Morgan fingerprint density at radius 3 is 2.36 bits per heavy atom. The van der Waals surface area contributed by atoms with Gasteiger partial charge in [-0.3, -0.25) is 9.36 Å². The minimum absolute atomic E-state index is 0.149. The average Bonchev–Trinajstić information content (AvgIpc) is 3.32. The van der Waals surface area contributed by atoms with Crippen molar-refractivity contribution in [2.45, 2.75) is 31.8 Å². The number of amides is 1. The number of aryl methyl sites for hydroxylation is 1. The standard InChI is InChI=1S/C28H29N5O2S/c1-19(2)22-9-7-21(8-10-22)17-29-30-26(34)18-36-28-32-31-27(23-11-15-25(35-4)16-12-23)33(28)24-13-5-20(3)6-14-24/h5-17,19H,18H2,1-4H3,(H,30,34)/b29-17-. The molecule has 1 aromatic heterocycles. The van der Waals surface area contributed by atoms with Gasteiger partial charge in [0.25, 0.3) is 5.91 Å². The fourth-order valence-corrected chi connectivity index (χ4v) is 4.27. The van der Waals surface area contributed by atoms with E-state index in [-0.39, 0.29) is 11.7 Å². The summed E-state index contributed by atoms with van der Waals surface area (Å²) < 4.78 is 7.23. The van der Waals surface area contributed by atoms with Crippen LogP contribution in [-0.2, 0) is 4.79 Å². The maximum Gasteiger partial charge on any atom is 0.250 e. The molecule has 0 aliphatic heterocycles. The van der Waals surface area contributed by atoms with Gasteiger partial charge in [0.2, 0.25) is 0 Å². The zero-order chi connectivity index (χ0) is 25.5. The van der Waals surface area contributed by atoms with Crippen LogP contribution < -0.4 is 10.2 Å². The molecule has 36 heavy (non-hydrogen) atoms. The zero-order valence-corrected chi connectivity index (χ0v) is 21.6. The van der Waals surface area contributed by atoms with Gasteiger partial charge in [-0.1, -0.05) is 67.6 Å². The summed E-state index contributed by atoms with van der Waals surface area (Å²) >= 11 is 1.31. The van der Waals surface area contributed by atoms with Gasteiger partial charge in [0.1, 0.15) is 5.75 Å². The van der Waals surface area contributed by atoms with Crippen LogP contribution in [0, 0.1) is 6.92 Å². The number of aromatic nitrogens is 3. The van der Waals surface area contributed by atoms with Crippen molar-refractivity contribution in [2.24, 2.45) is 5.10 Å². The van der Waals surface area contributed by atoms with Gasteiger partial charge < -0.3 is 4.74 Å². The molecule has 0 radical (unpaired) electrons. The van der Waals surface area contributed by atoms with Gasteiger partial charge in [0.15, 0.2) is 11.0 Å². The maximum absolute atomic E-state index is 12.5. The van der Waals surface area contributed by atoms with E-state index in [1.54, 1.807) is 13.3 Å². The Bertz CT molecular complexity index is 1330. The lowest BCUT2D eigenvalue weighted by atomic mass is 10.0. The molecule has 7 nitrogen and oxygen atoms in total. The first-order chi connectivity index (χ1) is 17.4. The molecule has 1 N–H and O–H groups in total. The largest absolute Gasteiger partial charge is 0.497 e. The van der Waals surface area contributed by atoms with E-state index in [1.807, 2.05) is 72.2 Å². The summed E-state index contributed by atoms with van der Waals surface area (Å²) in [6, 6.07) is 23.9. The number of carbonyl (C=O) groups excluding carboxylic acids is 1. The molecular weight excluding hydrogens is 470 g/mol. The molecule has 8 heteroatoms. The van der Waals surface area contributed by atoms with Gasteiger partial charge in [0.05, 0.1) is 19.1 Å². The Hall–Kier alpha value is -3.91. The molecule has 3 aromatic carbocycles. The number of ether oxygens (including phenoxy) is 1. The lowest BCUT2D eigenvalue weighted by Crippen LogP contribution is -2.20. The minimum Gasteiger partial charge on any atom is -0.497 e. The summed E-state index contributed by atoms with van der Waals surface area (Å²) in [5.74, 6) is 1.85. The fraction of sp³-hybridized carbons (Fsp3) is 0.214. The SMILES string of the molecule is COc1ccc(-c2nnc(SCC(=O)N/N=C\c3ccc(C(C)C)cc3)n2-c2ccc(C)cc2)cc1. The molecule has 0 saturated carbocycles. The van der Waals surface area contributed by atoms with Gasteiger partial charge in [-0.15, -0.1) is 10.2 Å². The van der Waals surface area contributed by atoms with Crippen molar-refractivity contribution in [3.63, 3.8) is 0 Å². The van der Waals surface area contributed by atoms with Gasteiger partial charge in [-0.05, 0) is 60.4 Å². The van der Waals surface area contributed by atoms with E-state index < -0.39 is 0 Å². The Morgan fingerprint density at radius 1 is 1.03 bits per heavy atom. The number of hydrogen-bond acceptors (Lipinski definition) is 6. The number of benzene rings is 3. The first kappa shape index (κ1) is 25.2. The third-order valence-electron chi connectivity index (χ3n) is 5.61. The van der Waals surface area contributed by atoms with E-state index in [4.69, 9.17) is 4.74 Å². The molecule has 184 valence electrons. The highest BCUT2D eigenvalue weighted by atomic mass is 32.2. The van der Waals surface area contributed by atoms with Crippen LogP contribution in [0.15, 0.2) is 83.1 Å². The lowest BCUT2D eigenvalue weighted by Gasteiger charge is -2.11. The van der Waals surface area contributed by atoms with Crippen LogP contribution in [0.3, 0.4) is 0 Å². The summed E-state index contributed by atoms with van der Waals surface area (Å²) in [4.78, 5) is 12.5. The zero-order valence-electron chi connectivity index (χ0n) is 20.8. The minimum atomic E-state index is -0.223. The van der Waals surface area contributed by atoms with Gasteiger partial charge in [-0.25, -0.2) is 5.43 Å².